The predicted octanol–water partition coefficient (Wildman–Crippen LogP) is 3.96. The maximum atomic E-state index is 12.4. The van der Waals surface area contributed by atoms with Crippen LogP contribution in [0.5, 0.6) is 0 Å². The van der Waals surface area contributed by atoms with Crippen molar-refractivity contribution in [2.75, 3.05) is 5.32 Å². The van der Waals surface area contributed by atoms with Crippen molar-refractivity contribution in [1.29, 1.82) is 0 Å². The van der Waals surface area contributed by atoms with Crippen molar-refractivity contribution >= 4 is 38.9 Å². The Hall–Kier alpha value is -1.20. The van der Waals surface area contributed by atoms with Crippen LogP contribution in [0.4, 0.5) is 5.69 Å². The predicted molar refractivity (Wildman–Crippen MR) is 80.6 cm³/mol. The van der Waals surface area contributed by atoms with Crippen LogP contribution in [-0.2, 0) is 11.2 Å². The van der Waals surface area contributed by atoms with Gasteiger partial charge >= 0.3 is 0 Å². The van der Waals surface area contributed by atoms with E-state index in [1.54, 1.807) is 17.5 Å². The minimum atomic E-state index is -0.0258. The van der Waals surface area contributed by atoms with E-state index >= 15 is 0 Å². The molecule has 1 atom stereocenters. The number of halogens is 1. The van der Waals surface area contributed by atoms with Crippen LogP contribution in [0, 0.1) is 0 Å². The summed E-state index contributed by atoms with van der Waals surface area (Å²) in [5.74, 6) is 0.0372. The van der Waals surface area contributed by atoms with E-state index < -0.39 is 0 Å². The number of nitrogens with one attached hydrogen (secondary N) is 1. The number of aromatic nitrogens is 1. The molecular formula is C14H13BrN2OS. The maximum absolute atomic E-state index is 12.4. The van der Waals surface area contributed by atoms with Crippen molar-refractivity contribution in [3.05, 3.63) is 44.8 Å². The lowest BCUT2D eigenvalue weighted by Gasteiger charge is -2.22. The highest BCUT2D eigenvalue weighted by Gasteiger charge is 2.27. The molecule has 0 saturated carbocycles. The Labute approximate surface area is 124 Å². The van der Waals surface area contributed by atoms with E-state index in [9.17, 15) is 4.79 Å². The summed E-state index contributed by atoms with van der Waals surface area (Å²) in [6.07, 6.45) is 4.80. The van der Waals surface area contributed by atoms with Gasteiger partial charge in [-0.1, -0.05) is 0 Å². The van der Waals surface area contributed by atoms with E-state index in [4.69, 9.17) is 0 Å². The largest absolute Gasteiger partial charge is 0.323 e. The van der Waals surface area contributed by atoms with Crippen LogP contribution < -0.4 is 5.32 Å². The smallest absolute Gasteiger partial charge is 0.232 e. The van der Waals surface area contributed by atoms with E-state index in [0.717, 1.165) is 24.9 Å². The van der Waals surface area contributed by atoms with Gasteiger partial charge in [0.25, 0.3) is 0 Å². The zero-order valence-corrected chi connectivity index (χ0v) is 12.6. The maximum Gasteiger partial charge on any atom is 0.232 e. The number of nitrogens with zero attached hydrogens (tertiary/aromatic N) is 1. The number of fused-ring (bicyclic) bond motifs is 1. The van der Waals surface area contributed by atoms with E-state index in [0.29, 0.717) is 4.60 Å². The molecule has 0 fully saturated rings. The van der Waals surface area contributed by atoms with Gasteiger partial charge in [-0.05, 0) is 64.3 Å². The number of carbonyl (C=O) groups excluding carboxylic acids is 1. The van der Waals surface area contributed by atoms with Gasteiger partial charge in [0.15, 0.2) is 0 Å². The first kappa shape index (κ1) is 12.8. The summed E-state index contributed by atoms with van der Waals surface area (Å²) >= 11 is 5.10. The highest BCUT2D eigenvalue weighted by Crippen LogP contribution is 2.35. The number of rotatable bonds is 2. The molecule has 1 aliphatic rings. The van der Waals surface area contributed by atoms with Crippen LogP contribution in [0.2, 0.25) is 0 Å². The van der Waals surface area contributed by atoms with Crippen LogP contribution in [0.3, 0.4) is 0 Å². The summed E-state index contributed by atoms with van der Waals surface area (Å²) in [5.41, 5.74) is 1.93. The third-order valence-electron chi connectivity index (χ3n) is 3.39. The number of anilines is 1. The molecule has 0 radical (unpaired) electrons. The fraction of sp³-hybridized carbons (Fsp3) is 0.286. The number of thiophene rings is 1. The molecule has 0 aromatic carbocycles. The van der Waals surface area contributed by atoms with Crippen molar-refractivity contribution in [3.8, 4) is 0 Å². The average Bonchev–Trinajstić information content (AvgIpc) is 2.89. The first-order valence-corrected chi connectivity index (χ1v) is 7.90. The van der Waals surface area contributed by atoms with Crippen LogP contribution in [0.25, 0.3) is 0 Å². The lowest BCUT2D eigenvalue weighted by Crippen LogP contribution is -2.24. The van der Waals surface area contributed by atoms with Crippen molar-refractivity contribution < 1.29 is 4.79 Å². The minimum Gasteiger partial charge on any atom is -0.323 e. The Morgan fingerprint density at radius 1 is 1.47 bits per heavy atom. The van der Waals surface area contributed by atoms with Gasteiger partial charge in [-0.15, -0.1) is 11.3 Å². The first-order chi connectivity index (χ1) is 9.25. The highest BCUT2D eigenvalue weighted by atomic mass is 79.9. The molecule has 1 N–H and O–H groups in total. The van der Waals surface area contributed by atoms with Gasteiger partial charge in [-0.2, -0.15) is 0 Å². The molecule has 3 nitrogen and oxygen atoms in total. The summed E-state index contributed by atoms with van der Waals surface area (Å²) in [7, 11) is 0. The lowest BCUT2D eigenvalue weighted by molar-refractivity contribution is -0.117. The van der Waals surface area contributed by atoms with E-state index in [1.165, 1.54) is 10.4 Å². The SMILES string of the molecule is O=C(Nc1cccnc1Br)C1CCCc2sccc21. The summed E-state index contributed by atoms with van der Waals surface area (Å²) in [6.45, 7) is 0. The molecule has 0 aliphatic heterocycles. The van der Waals surface area contributed by atoms with Crippen LogP contribution in [0.15, 0.2) is 34.4 Å². The molecule has 19 heavy (non-hydrogen) atoms. The summed E-state index contributed by atoms with van der Waals surface area (Å²) in [4.78, 5) is 17.9. The first-order valence-electron chi connectivity index (χ1n) is 6.23. The second kappa shape index (κ2) is 5.43. The molecule has 2 aromatic heterocycles. The second-order valence-corrected chi connectivity index (χ2v) is 6.33. The Morgan fingerprint density at radius 2 is 2.37 bits per heavy atom. The average molecular weight is 337 g/mol. The van der Waals surface area contributed by atoms with Crippen molar-refractivity contribution in [1.82, 2.24) is 4.98 Å². The molecule has 5 heteroatoms. The number of hydrogen-bond acceptors (Lipinski definition) is 3. The Balaban J connectivity index is 1.81. The van der Waals surface area contributed by atoms with Crippen LogP contribution >= 0.6 is 27.3 Å². The monoisotopic (exact) mass is 336 g/mol. The van der Waals surface area contributed by atoms with E-state index in [-0.39, 0.29) is 11.8 Å². The summed E-state index contributed by atoms with van der Waals surface area (Å²) < 4.78 is 0.671. The lowest BCUT2D eigenvalue weighted by atomic mass is 9.87. The van der Waals surface area contributed by atoms with Gasteiger partial charge in [0.2, 0.25) is 5.91 Å². The molecule has 0 saturated heterocycles. The van der Waals surface area contributed by atoms with Crippen LogP contribution in [-0.4, -0.2) is 10.9 Å². The third-order valence-corrected chi connectivity index (χ3v) is 5.01. The molecule has 3 rings (SSSR count). The summed E-state index contributed by atoms with van der Waals surface area (Å²) in [6, 6.07) is 5.76. The fourth-order valence-corrected chi connectivity index (χ4v) is 3.79. The standard InChI is InChI=1S/C14H13BrN2OS/c15-13-11(4-2-7-16-13)17-14(18)10-3-1-5-12-9(10)6-8-19-12/h2,4,6-8,10H,1,3,5H2,(H,17,18). The number of carbonyl (C=O) groups is 1. The Bertz CT molecular complexity index is 611. The number of amides is 1. The van der Waals surface area contributed by atoms with Gasteiger partial charge in [-0.3, -0.25) is 4.79 Å². The zero-order valence-electron chi connectivity index (χ0n) is 10.2. The van der Waals surface area contributed by atoms with Crippen molar-refractivity contribution in [3.63, 3.8) is 0 Å². The molecule has 1 unspecified atom stereocenters. The molecule has 2 heterocycles. The Kier molecular flexibility index (Phi) is 3.66. The highest BCUT2D eigenvalue weighted by molar-refractivity contribution is 9.10. The minimum absolute atomic E-state index is 0.0258. The molecule has 1 amide bonds. The molecule has 0 spiro atoms. The molecule has 98 valence electrons. The quantitative estimate of drug-likeness (QED) is 0.843. The normalized spacial score (nSPS) is 17.8. The van der Waals surface area contributed by atoms with E-state index in [1.807, 2.05) is 12.1 Å². The Morgan fingerprint density at radius 3 is 3.21 bits per heavy atom. The third kappa shape index (κ3) is 2.58. The molecular weight excluding hydrogens is 324 g/mol. The fourth-order valence-electron chi connectivity index (χ4n) is 2.46. The molecule has 2 aromatic rings. The zero-order chi connectivity index (χ0) is 13.2. The van der Waals surface area contributed by atoms with Gasteiger partial charge in [-0.25, -0.2) is 4.98 Å². The molecule has 0 bridgehead atoms. The second-order valence-electron chi connectivity index (χ2n) is 4.57. The van der Waals surface area contributed by atoms with Gasteiger partial charge in [0, 0.05) is 11.1 Å². The van der Waals surface area contributed by atoms with E-state index in [2.05, 4.69) is 37.7 Å². The molecule has 1 aliphatic carbocycles. The van der Waals surface area contributed by atoms with Gasteiger partial charge in [0.05, 0.1) is 11.6 Å². The number of hydrogen-bond donors (Lipinski definition) is 1. The van der Waals surface area contributed by atoms with Gasteiger partial charge < -0.3 is 5.32 Å². The van der Waals surface area contributed by atoms with Gasteiger partial charge in [0.1, 0.15) is 4.60 Å². The topological polar surface area (TPSA) is 42.0 Å². The van der Waals surface area contributed by atoms with Crippen molar-refractivity contribution in [2.45, 2.75) is 25.2 Å². The number of pyridine rings is 1. The van der Waals surface area contributed by atoms with Crippen LogP contribution in [0.1, 0.15) is 29.2 Å². The van der Waals surface area contributed by atoms with Crippen molar-refractivity contribution in [2.24, 2.45) is 0 Å². The number of aryl methyl sites for hydroxylation is 1. The summed E-state index contributed by atoms with van der Waals surface area (Å²) in [5, 5.41) is 5.05.